The molecule has 36 heavy (non-hydrogen) atoms. The molecule has 0 spiro atoms. The molecule has 4 rings (SSSR count). The highest BCUT2D eigenvalue weighted by molar-refractivity contribution is 5.66. The van der Waals surface area contributed by atoms with Gasteiger partial charge in [-0.15, -0.1) is 0 Å². The zero-order valence-electron chi connectivity index (χ0n) is 23.6. The molecule has 4 N–H and O–H groups in total. The minimum Gasteiger partial charge on any atom is -0.462 e. The van der Waals surface area contributed by atoms with E-state index in [1.807, 2.05) is 6.92 Å². The van der Waals surface area contributed by atoms with E-state index in [1.165, 1.54) is 19.8 Å². The molecule has 0 unspecified atom stereocenters. The summed E-state index contributed by atoms with van der Waals surface area (Å²) in [5.74, 6) is 2.25. The lowest BCUT2D eigenvalue weighted by molar-refractivity contribution is -0.311. The number of rotatable bonds is 6. The van der Waals surface area contributed by atoms with Gasteiger partial charge in [-0.3, -0.25) is 4.79 Å². The van der Waals surface area contributed by atoms with Crippen LogP contribution in [0.1, 0.15) is 99.8 Å². The molecule has 208 valence electrons. The van der Waals surface area contributed by atoms with Crippen molar-refractivity contribution in [2.75, 3.05) is 0 Å². The van der Waals surface area contributed by atoms with Gasteiger partial charge in [-0.2, -0.15) is 0 Å². The van der Waals surface area contributed by atoms with Gasteiger partial charge in [0.2, 0.25) is 0 Å². The van der Waals surface area contributed by atoms with Crippen molar-refractivity contribution in [2.45, 2.75) is 130 Å². The highest BCUT2D eigenvalue weighted by Crippen LogP contribution is 2.69. The van der Waals surface area contributed by atoms with Gasteiger partial charge in [0, 0.05) is 24.7 Å². The molecule has 0 aliphatic heterocycles. The van der Waals surface area contributed by atoms with Crippen LogP contribution in [-0.2, 0) is 9.53 Å². The fourth-order valence-corrected chi connectivity index (χ4v) is 9.76. The van der Waals surface area contributed by atoms with E-state index in [4.69, 9.17) is 4.74 Å². The lowest BCUT2D eigenvalue weighted by Gasteiger charge is -2.67. The summed E-state index contributed by atoms with van der Waals surface area (Å²) in [6, 6.07) is 0. The maximum absolute atomic E-state index is 12.3. The smallest absolute Gasteiger partial charge is 0.302 e. The molecule has 0 saturated heterocycles. The van der Waals surface area contributed by atoms with E-state index in [1.54, 1.807) is 0 Å². The zero-order chi connectivity index (χ0) is 26.8. The van der Waals surface area contributed by atoms with Gasteiger partial charge in [0.05, 0.1) is 18.3 Å². The Morgan fingerprint density at radius 2 is 1.64 bits per heavy atom. The Kier molecular flexibility index (Phi) is 7.71. The third-order valence-electron chi connectivity index (χ3n) is 12.1. The van der Waals surface area contributed by atoms with Gasteiger partial charge in [-0.25, -0.2) is 0 Å². The molecule has 6 heteroatoms. The van der Waals surface area contributed by atoms with Gasteiger partial charge in [0.1, 0.15) is 11.7 Å². The van der Waals surface area contributed by atoms with Crippen LogP contribution < -0.4 is 0 Å². The second kappa shape index (κ2) is 9.81. The van der Waals surface area contributed by atoms with E-state index in [9.17, 15) is 25.2 Å². The van der Waals surface area contributed by atoms with Gasteiger partial charge in [0.25, 0.3) is 0 Å². The number of esters is 1. The number of hydrogen-bond acceptors (Lipinski definition) is 6. The minimum absolute atomic E-state index is 0.0214. The Balaban J connectivity index is 1.69. The van der Waals surface area contributed by atoms with E-state index < -0.39 is 35.4 Å². The van der Waals surface area contributed by atoms with Crippen molar-refractivity contribution >= 4 is 5.97 Å². The fraction of sp³-hybridized carbons (Fsp3) is 0.967. The summed E-state index contributed by atoms with van der Waals surface area (Å²) < 4.78 is 6.06. The highest BCUT2D eigenvalue weighted by atomic mass is 16.5. The van der Waals surface area contributed by atoms with Gasteiger partial charge < -0.3 is 25.2 Å². The van der Waals surface area contributed by atoms with Crippen LogP contribution in [0.25, 0.3) is 0 Å². The topological polar surface area (TPSA) is 107 Å². The van der Waals surface area contributed by atoms with Crippen LogP contribution >= 0.6 is 0 Å². The number of aliphatic hydroxyl groups excluding tert-OH is 3. The first-order valence-electron chi connectivity index (χ1n) is 14.6. The first kappa shape index (κ1) is 28.3. The van der Waals surface area contributed by atoms with Crippen LogP contribution in [0.3, 0.4) is 0 Å². The van der Waals surface area contributed by atoms with Crippen molar-refractivity contribution in [1.82, 2.24) is 0 Å². The Morgan fingerprint density at radius 1 is 0.972 bits per heavy atom. The third-order valence-corrected chi connectivity index (χ3v) is 12.1. The van der Waals surface area contributed by atoms with Crippen LogP contribution in [0, 0.1) is 52.3 Å². The average molecular weight is 509 g/mol. The Hall–Kier alpha value is -0.690. The number of carbonyl (C=O) groups is 1. The summed E-state index contributed by atoms with van der Waals surface area (Å²) >= 11 is 0. The monoisotopic (exact) mass is 508 g/mol. The second-order valence-electron chi connectivity index (χ2n) is 14.2. The number of hydrogen-bond donors (Lipinski definition) is 4. The van der Waals surface area contributed by atoms with Crippen LogP contribution in [0.4, 0.5) is 0 Å². The van der Waals surface area contributed by atoms with Crippen molar-refractivity contribution in [3.05, 3.63) is 0 Å². The summed E-state index contributed by atoms with van der Waals surface area (Å²) in [6.07, 6.45) is 2.64. The zero-order valence-corrected chi connectivity index (χ0v) is 23.6. The van der Waals surface area contributed by atoms with Crippen LogP contribution in [0.5, 0.6) is 0 Å². The maximum Gasteiger partial charge on any atom is 0.302 e. The lowest BCUT2D eigenvalue weighted by Crippen LogP contribution is -2.75. The molecule has 4 saturated carbocycles. The summed E-state index contributed by atoms with van der Waals surface area (Å²) in [6.45, 7) is 15.0. The summed E-state index contributed by atoms with van der Waals surface area (Å²) in [4.78, 5) is 12.3. The van der Waals surface area contributed by atoms with Crippen molar-refractivity contribution in [2.24, 2.45) is 52.3 Å². The molecule has 0 heterocycles. The van der Waals surface area contributed by atoms with Crippen LogP contribution in [0.2, 0.25) is 0 Å². The van der Waals surface area contributed by atoms with Gasteiger partial charge in [-0.1, -0.05) is 54.4 Å². The van der Waals surface area contributed by atoms with Crippen molar-refractivity contribution in [1.29, 1.82) is 0 Å². The Morgan fingerprint density at radius 3 is 2.25 bits per heavy atom. The molecule has 4 aliphatic rings. The predicted molar refractivity (Wildman–Crippen MR) is 139 cm³/mol. The summed E-state index contributed by atoms with van der Waals surface area (Å²) in [5, 5.41) is 45.0. The number of ether oxygens (including phenoxy) is 1. The standard InChI is InChI=1S/C30H52O6/c1-16(2)17(3)8-9-18(4)22-10-11-23-21-13-26(34)30(35)14-20(32)12-25(33)29(30,7)27(21)24(36-19(5)31)15-28(22,23)6/h16-18,20-27,32-35H,8-15H2,1-7H3/t17-,18+,20-,21-,22+,23-,24+,25-,26+,27+,28+,29+,30-/m0/s1. The normalized spacial score (nSPS) is 50.1. The molecule has 0 amide bonds. The molecule has 0 bridgehead atoms. The largest absolute Gasteiger partial charge is 0.462 e. The molecule has 0 aromatic carbocycles. The molecule has 4 fully saturated rings. The van der Waals surface area contributed by atoms with E-state index in [-0.39, 0.29) is 36.1 Å². The quantitative estimate of drug-likeness (QED) is 0.398. The van der Waals surface area contributed by atoms with Crippen LogP contribution in [0.15, 0.2) is 0 Å². The van der Waals surface area contributed by atoms with E-state index in [0.717, 1.165) is 19.3 Å². The molecule has 13 atom stereocenters. The molecule has 0 aromatic heterocycles. The first-order chi connectivity index (χ1) is 16.7. The van der Waals surface area contributed by atoms with Crippen molar-refractivity contribution in [3.8, 4) is 0 Å². The second-order valence-corrected chi connectivity index (χ2v) is 14.2. The van der Waals surface area contributed by atoms with Crippen molar-refractivity contribution < 1.29 is 30.0 Å². The number of fused-ring (bicyclic) bond motifs is 5. The molecule has 6 nitrogen and oxygen atoms in total. The van der Waals surface area contributed by atoms with Gasteiger partial charge in [-0.05, 0) is 73.0 Å². The highest BCUT2D eigenvalue weighted by Gasteiger charge is 2.72. The van der Waals surface area contributed by atoms with Gasteiger partial charge >= 0.3 is 5.97 Å². The summed E-state index contributed by atoms with van der Waals surface area (Å²) in [7, 11) is 0. The fourth-order valence-electron chi connectivity index (χ4n) is 9.76. The van der Waals surface area contributed by atoms with Crippen LogP contribution in [-0.4, -0.2) is 56.4 Å². The van der Waals surface area contributed by atoms with Crippen molar-refractivity contribution in [3.63, 3.8) is 0 Å². The maximum atomic E-state index is 12.3. The van der Waals surface area contributed by atoms with Gasteiger partial charge in [0.15, 0.2) is 0 Å². The molecular weight excluding hydrogens is 456 g/mol. The number of aliphatic hydroxyl groups is 4. The predicted octanol–water partition coefficient (Wildman–Crippen LogP) is 4.31. The molecule has 4 aliphatic carbocycles. The van der Waals surface area contributed by atoms with E-state index in [0.29, 0.717) is 36.0 Å². The van der Waals surface area contributed by atoms with E-state index >= 15 is 0 Å². The number of carbonyl (C=O) groups excluding carboxylic acids is 1. The molecule has 0 aromatic rings. The summed E-state index contributed by atoms with van der Waals surface area (Å²) in [5.41, 5.74) is -2.70. The lowest BCUT2D eigenvalue weighted by atomic mass is 9.41. The SMILES string of the molecule is CC(=O)O[C@@H]1C[C@]2(C)[C@@H]([C@H](C)CC[C@H](C)C(C)C)CC[C@H]2[C@@H]2C[C@@H](O)[C@@]3(O)C[C@@H](O)C[C@H](O)[C@]3(C)[C@H]21. The minimum atomic E-state index is -1.62. The Bertz CT molecular complexity index is 815. The average Bonchev–Trinajstić information content (AvgIpc) is 3.11. The molecular formula is C30H52O6. The molecule has 0 radical (unpaired) electrons. The Labute approximate surface area is 218 Å². The van der Waals surface area contributed by atoms with E-state index in [2.05, 4.69) is 34.6 Å². The first-order valence-corrected chi connectivity index (χ1v) is 14.6. The third kappa shape index (κ3) is 4.26.